The standard InChI is InChI=1S/C16H22N2OS/c1-12(10-13-6-5-9-20-13)18(2)11-16(19)14-7-3-4-8-15(14)17/h3-9,12,16,19H,10-11,17H2,1-2H3. The van der Waals surface area contributed by atoms with Crippen LogP contribution in [-0.2, 0) is 6.42 Å². The Labute approximate surface area is 124 Å². The Kier molecular flexibility index (Phi) is 5.17. The van der Waals surface area contributed by atoms with Crippen molar-refractivity contribution in [2.75, 3.05) is 19.3 Å². The van der Waals surface area contributed by atoms with E-state index in [1.54, 1.807) is 11.3 Å². The van der Waals surface area contributed by atoms with Crippen LogP contribution < -0.4 is 5.73 Å². The van der Waals surface area contributed by atoms with Gasteiger partial charge in [-0.05, 0) is 37.9 Å². The second-order valence-corrected chi connectivity index (χ2v) is 6.25. The van der Waals surface area contributed by atoms with E-state index in [-0.39, 0.29) is 0 Å². The monoisotopic (exact) mass is 290 g/mol. The summed E-state index contributed by atoms with van der Waals surface area (Å²) in [6.45, 7) is 2.77. The van der Waals surface area contributed by atoms with Gasteiger partial charge in [-0.25, -0.2) is 0 Å². The lowest BCUT2D eigenvalue weighted by molar-refractivity contribution is 0.109. The van der Waals surface area contributed by atoms with Crippen molar-refractivity contribution in [3.63, 3.8) is 0 Å². The van der Waals surface area contributed by atoms with Gasteiger partial charge in [-0.15, -0.1) is 11.3 Å². The van der Waals surface area contributed by atoms with Crippen molar-refractivity contribution in [2.24, 2.45) is 0 Å². The molecule has 2 atom stereocenters. The third kappa shape index (κ3) is 3.82. The van der Waals surface area contributed by atoms with Crippen molar-refractivity contribution < 1.29 is 5.11 Å². The van der Waals surface area contributed by atoms with Crippen molar-refractivity contribution in [3.05, 3.63) is 52.2 Å². The molecule has 3 N–H and O–H groups in total. The van der Waals surface area contributed by atoms with E-state index in [9.17, 15) is 5.11 Å². The summed E-state index contributed by atoms with van der Waals surface area (Å²) in [5.74, 6) is 0. The van der Waals surface area contributed by atoms with Crippen LogP contribution in [0.3, 0.4) is 0 Å². The predicted octanol–water partition coefficient (Wildman–Crippen LogP) is 2.93. The SMILES string of the molecule is CC(Cc1cccs1)N(C)CC(O)c1ccccc1N. The van der Waals surface area contributed by atoms with E-state index < -0.39 is 6.10 Å². The van der Waals surface area contributed by atoms with Crippen LogP contribution in [-0.4, -0.2) is 29.6 Å². The summed E-state index contributed by atoms with van der Waals surface area (Å²) in [6.07, 6.45) is 0.456. The quantitative estimate of drug-likeness (QED) is 0.804. The van der Waals surface area contributed by atoms with Crippen LogP contribution in [0.25, 0.3) is 0 Å². The molecule has 20 heavy (non-hydrogen) atoms. The average molecular weight is 290 g/mol. The molecule has 0 saturated carbocycles. The molecule has 3 nitrogen and oxygen atoms in total. The van der Waals surface area contributed by atoms with Gasteiger partial charge in [0.1, 0.15) is 0 Å². The lowest BCUT2D eigenvalue weighted by Crippen LogP contribution is -2.34. The number of aliphatic hydroxyl groups excluding tert-OH is 1. The smallest absolute Gasteiger partial charge is 0.0936 e. The van der Waals surface area contributed by atoms with Gasteiger partial charge in [0.2, 0.25) is 0 Å². The lowest BCUT2D eigenvalue weighted by Gasteiger charge is -2.27. The molecule has 1 heterocycles. The van der Waals surface area contributed by atoms with E-state index in [1.165, 1.54) is 4.88 Å². The van der Waals surface area contributed by atoms with Gasteiger partial charge in [-0.2, -0.15) is 0 Å². The second kappa shape index (κ2) is 6.88. The molecule has 0 aliphatic carbocycles. The number of aliphatic hydroxyl groups is 1. The zero-order chi connectivity index (χ0) is 14.5. The summed E-state index contributed by atoms with van der Waals surface area (Å²) in [4.78, 5) is 3.55. The molecule has 2 rings (SSSR count). The number of thiophene rings is 1. The van der Waals surface area contributed by atoms with Gasteiger partial charge < -0.3 is 15.7 Å². The number of para-hydroxylation sites is 1. The Morgan fingerprint density at radius 2 is 2.00 bits per heavy atom. The highest BCUT2D eigenvalue weighted by Crippen LogP contribution is 2.22. The van der Waals surface area contributed by atoms with Crippen molar-refractivity contribution in [1.29, 1.82) is 0 Å². The highest BCUT2D eigenvalue weighted by atomic mass is 32.1. The molecule has 1 aromatic carbocycles. The molecule has 4 heteroatoms. The minimum atomic E-state index is -0.549. The van der Waals surface area contributed by atoms with Crippen LogP contribution >= 0.6 is 11.3 Å². The van der Waals surface area contributed by atoms with Gasteiger partial charge in [0.25, 0.3) is 0 Å². The van der Waals surface area contributed by atoms with Crippen LogP contribution in [0.4, 0.5) is 5.69 Å². The third-order valence-corrected chi connectivity index (χ3v) is 4.54. The van der Waals surface area contributed by atoms with Gasteiger partial charge in [-0.3, -0.25) is 0 Å². The number of hydrogen-bond donors (Lipinski definition) is 2. The second-order valence-electron chi connectivity index (χ2n) is 5.22. The number of nitrogens with zero attached hydrogens (tertiary/aromatic N) is 1. The number of hydrogen-bond acceptors (Lipinski definition) is 4. The van der Waals surface area contributed by atoms with E-state index in [1.807, 2.05) is 31.3 Å². The van der Waals surface area contributed by atoms with E-state index in [0.717, 1.165) is 12.0 Å². The maximum absolute atomic E-state index is 10.3. The molecule has 0 radical (unpaired) electrons. The Morgan fingerprint density at radius 1 is 1.25 bits per heavy atom. The molecule has 0 saturated heterocycles. The molecule has 108 valence electrons. The van der Waals surface area contributed by atoms with E-state index in [4.69, 9.17) is 5.73 Å². The first-order valence-electron chi connectivity index (χ1n) is 6.83. The number of nitrogens with two attached hydrogens (primary N) is 1. The number of benzene rings is 1. The van der Waals surface area contributed by atoms with Gasteiger partial charge in [0.15, 0.2) is 0 Å². The summed E-state index contributed by atoms with van der Waals surface area (Å²) in [5.41, 5.74) is 7.37. The molecular formula is C16H22N2OS. The fourth-order valence-corrected chi connectivity index (χ4v) is 3.07. The molecular weight excluding hydrogens is 268 g/mol. The number of anilines is 1. The van der Waals surface area contributed by atoms with Crippen molar-refractivity contribution in [2.45, 2.75) is 25.5 Å². The molecule has 2 unspecified atom stereocenters. The molecule has 0 bridgehead atoms. The zero-order valence-electron chi connectivity index (χ0n) is 12.0. The molecule has 0 spiro atoms. The fourth-order valence-electron chi connectivity index (χ4n) is 2.24. The first-order chi connectivity index (χ1) is 9.58. The molecule has 0 fully saturated rings. The predicted molar refractivity (Wildman–Crippen MR) is 85.9 cm³/mol. The fraction of sp³-hybridized carbons (Fsp3) is 0.375. The minimum Gasteiger partial charge on any atom is -0.398 e. The largest absolute Gasteiger partial charge is 0.398 e. The maximum atomic E-state index is 10.3. The van der Waals surface area contributed by atoms with E-state index in [0.29, 0.717) is 18.3 Å². The van der Waals surface area contributed by atoms with Gasteiger partial charge in [0, 0.05) is 28.7 Å². The Balaban J connectivity index is 1.93. The average Bonchev–Trinajstić information content (AvgIpc) is 2.91. The third-order valence-electron chi connectivity index (χ3n) is 3.65. The Bertz CT molecular complexity index is 527. The van der Waals surface area contributed by atoms with E-state index >= 15 is 0 Å². The molecule has 0 aliphatic rings. The number of likely N-dealkylation sites (N-methyl/N-ethyl adjacent to an activating group) is 1. The topological polar surface area (TPSA) is 49.5 Å². The minimum absolute atomic E-state index is 0.383. The zero-order valence-corrected chi connectivity index (χ0v) is 12.8. The van der Waals surface area contributed by atoms with Crippen LogP contribution in [0.5, 0.6) is 0 Å². The van der Waals surface area contributed by atoms with Crippen molar-refractivity contribution >= 4 is 17.0 Å². The summed E-state index contributed by atoms with van der Waals surface area (Å²) in [6, 6.07) is 12.1. The first kappa shape index (κ1) is 15.0. The van der Waals surface area contributed by atoms with Crippen molar-refractivity contribution in [3.8, 4) is 0 Å². The number of nitrogen functional groups attached to an aromatic ring is 1. The number of rotatable bonds is 6. The van der Waals surface area contributed by atoms with Gasteiger partial charge in [0.05, 0.1) is 6.10 Å². The highest BCUT2D eigenvalue weighted by molar-refractivity contribution is 7.09. The summed E-state index contributed by atoms with van der Waals surface area (Å²) < 4.78 is 0. The molecule has 0 aliphatic heterocycles. The normalized spacial score (nSPS) is 14.4. The van der Waals surface area contributed by atoms with Crippen LogP contribution in [0.2, 0.25) is 0 Å². The lowest BCUT2D eigenvalue weighted by atomic mass is 10.1. The van der Waals surface area contributed by atoms with Gasteiger partial charge >= 0.3 is 0 Å². The van der Waals surface area contributed by atoms with Crippen LogP contribution in [0.15, 0.2) is 41.8 Å². The molecule has 1 aromatic heterocycles. The van der Waals surface area contributed by atoms with E-state index in [2.05, 4.69) is 29.3 Å². The molecule has 2 aromatic rings. The first-order valence-corrected chi connectivity index (χ1v) is 7.71. The molecule has 0 amide bonds. The maximum Gasteiger partial charge on any atom is 0.0936 e. The summed E-state index contributed by atoms with van der Waals surface area (Å²) in [5, 5.41) is 12.4. The van der Waals surface area contributed by atoms with Crippen molar-refractivity contribution in [1.82, 2.24) is 4.90 Å². The van der Waals surface area contributed by atoms with Crippen LogP contribution in [0, 0.1) is 0 Å². The summed E-state index contributed by atoms with van der Waals surface area (Å²) in [7, 11) is 2.04. The highest BCUT2D eigenvalue weighted by Gasteiger charge is 2.17. The Morgan fingerprint density at radius 3 is 2.65 bits per heavy atom. The van der Waals surface area contributed by atoms with Gasteiger partial charge in [-0.1, -0.05) is 24.3 Å². The Hall–Kier alpha value is -1.36. The van der Waals surface area contributed by atoms with Crippen LogP contribution in [0.1, 0.15) is 23.5 Å². The summed E-state index contributed by atoms with van der Waals surface area (Å²) >= 11 is 1.78.